The van der Waals surface area contributed by atoms with Crippen LogP contribution in [0.25, 0.3) is 0 Å². The van der Waals surface area contributed by atoms with E-state index < -0.39 is 6.09 Å². The Bertz CT molecular complexity index is 294. The van der Waals surface area contributed by atoms with Gasteiger partial charge in [-0.15, -0.1) is 0 Å². The first-order chi connectivity index (χ1) is 8.15. The van der Waals surface area contributed by atoms with Gasteiger partial charge in [0.1, 0.15) is 12.4 Å². The Kier molecular flexibility index (Phi) is 5.69. The minimum absolute atomic E-state index is 0.185. The Balaban J connectivity index is 2.66. The molecule has 0 N–H and O–H groups in total. The van der Waals surface area contributed by atoms with Gasteiger partial charge in [0.15, 0.2) is 0 Å². The first-order valence-corrected chi connectivity index (χ1v) is 5.84. The lowest BCUT2D eigenvalue weighted by molar-refractivity contribution is 0.0660. The van der Waals surface area contributed by atoms with E-state index in [0.29, 0.717) is 13.2 Å². The van der Waals surface area contributed by atoms with Gasteiger partial charge in [-0.2, -0.15) is 4.99 Å². The van der Waals surface area contributed by atoms with Gasteiger partial charge in [0.05, 0.1) is 13.2 Å². The maximum absolute atomic E-state index is 11.4. The van der Waals surface area contributed by atoms with Crippen LogP contribution < -0.4 is 0 Å². The van der Waals surface area contributed by atoms with Gasteiger partial charge in [-0.1, -0.05) is 26.5 Å². The molecule has 1 aliphatic rings. The minimum Gasteiger partial charge on any atom is -0.444 e. The third-order valence-electron chi connectivity index (χ3n) is 2.38. The molecule has 0 aromatic heterocycles. The average molecular weight is 240 g/mol. The first kappa shape index (κ1) is 13.7. The molecule has 0 aromatic rings. The number of nitrogens with zero attached hydrogens (tertiary/aromatic N) is 2. The standard InChI is InChI=1S/C12H20N2O3/c1-4-7-17-12(15)13-11(10(2)3)14-5-8-16-9-6-14/h4,10H,1,5-9H2,2-3H3/b13-11-. The maximum atomic E-state index is 11.4. The van der Waals surface area contributed by atoms with E-state index in [0.717, 1.165) is 18.9 Å². The highest BCUT2D eigenvalue weighted by Gasteiger charge is 2.19. The van der Waals surface area contributed by atoms with E-state index in [1.807, 2.05) is 13.8 Å². The Labute approximate surface area is 102 Å². The Morgan fingerprint density at radius 3 is 2.71 bits per heavy atom. The number of carbonyl (C=O) groups is 1. The molecule has 17 heavy (non-hydrogen) atoms. The molecule has 0 spiro atoms. The largest absolute Gasteiger partial charge is 0.444 e. The van der Waals surface area contributed by atoms with Crippen molar-refractivity contribution in [1.82, 2.24) is 4.90 Å². The molecule has 1 saturated heterocycles. The summed E-state index contributed by atoms with van der Waals surface area (Å²) in [4.78, 5) is 17.5. The monoisotopic (exact) mass is 240 g/mol. The van der Waals surface area contributed by atoms with Crippen LogP contribution in [0.2, 0.25) is 0 Å². The molecule has 0 bridgehead atoms. The molecule has 5 heteroatoms. The number of amidine groups is 1. The van der Waals surface area contributed by atoms with Crippen LogP contribution in [0.5, 0.6) is 0 Å². The summed E-state index contributed by atoms with van der Waals surface area (Å²) in [6.45, 7) is 10.6. The van der Waals surface area contributed by atoms with Crippen LogP contribution in [0.1, 0.15) is 13.8 Å². The zero-order chi connectivity index (χ0) is 12.7. The van der Waals surface area contributed by atoms with Gasteiger partial charge in [0.2, 0.25) is 0 Å². The Hall–Kier alpha value is -1.36. The van der Waals surface area contributed by atoms with Crippen molar-refractivity contribution in [3.8, 4) is 0 Å². The second-order valence-electron chi connectivity index (χ2n) is 4.09. The van der Waals surface area contributed by atoms with E-state index in [1.165, 1.54) is 6.08 Å². The van der Waals surface area contributed by atoms with Crippen molar-refractivity contribution in [3.05, 3.63) is 12.7 Å². The van der Waals surface area contributed by atoms with Crippen molar-refractivity contribution in [2.45, 2.75) is 13.8 Å². The van der Waals surface area contributed by atoms with Crippen LogP contribution in [0.15, 0.2) is 17.6 Å². The van der Waals surface area contributed by atoms with Crippen LogP contribution in [-0.4, -0.2) is 49.7 Å². The molecular weight excluding hydrogens is 220 g/mol. The molecule has 1 heterocycles. The van der Waals surface area contributed by atoms with Crippen molar-refractivity contribution in [3.63, 3.8) is 0 Å². The third-order valence-corrected chi connectivity index (χ3v) is 2.38. The van der Waals surface area contributed by atoms with Crippen molar-refractivity contribution in [1.29, 1.82) is 0 Å². The number of ether oxygens (including phenoxy) is 2. The zero-order valence-corrected chi connectivity index (χ0v) is 10.5. The van der Waals surface area contributed by atoms with Crippen molar-refractivity contribution >= 4 is 11.9 Å². The van der Waals surface area contributed by atoms with Gasteiger partial charge in [-0.05, 0) is 0 Å². The second kappa shape index (κ2) is 7.06. The summed E-state index contributed by atoms with van der Waals surface area (Å²) >= 11 is 0. The second-order valence-corrected chi connectivity index (χ2v) is 4.09. The average Bonchev–Trinajstić information content (AvgIpc) is 2.34. The van der Waals surface area contributed by atoms with E-state index in [4.69, 9.17) is 9.47 Å². The van der Waals surface area contributed by atoms with Crippen molar-refractivity contribution < 1.29 is 14.3 Å². The summed E-state index contributed by atoms with van der Waals surface area (Å²) < 4.78 is 10.1. The minimum atomic E-state index is -0.555. The fourth-order valence-electron chi connectivity index (χ4n) is 1.61. The molecule has 5 nitrogen and oxygen atoms in total. The number of hydrogen-bond acceptors (Lipinski definition) is 3. The SMILES string of the molecule is C=CCOC(=O)/N=C(/C(C)C)N1CCOCC1. The van der Waals surface area contributed by atoms with Crippen molar-refractivity contribution in [2.24, 2.45) is 10.9 Å². The summed E-state index contributed by atoms with van der Waals surface area (Å²) in [5.74, 6) is 0.951. The lowest BCUT2D eigenvalue weighted by Crippen LogP contribution is -2.43. The molecule has 0 aromatic carbocycles. The fraction of sp³-hybridized carbons (Fsp3) is 0.667. The van der Waals surface area contributed by atoms with Gasteiger partial charge >= 0.3 is 6.09 Å². The lowest BCUT2D eigenvalue weighted by Gasteiger charge is -2.31. The Morgan fingerprint density at radius 1 is 1.53 bits per heavy atom. The smallest absolute Gasteiger partial charge is 0.435 e. The molecule has 0 unspecified atom stereocenters. The number of carbonyl (C=O) groups excluding carboxylic acids is 1. The van der Waals surface area contributed by atoms with Crippen molar-refractivity contribution in [2.75, 3.05) is 32.9 Å². The van der Waals surface area contributed by atoms with E-state index in [2.05, 4.69) is 16.5 Å². The zero-order valence-electron chi connectivity index (χ0n) is 10.5. The third kappa shape index (κ3) is 4.56. The lowest BCUT2D eigenvalue weighted by atomic mass is 10.1. The number of morpholine rings is 1. The normalized spacial score (nSPS) is 17.1. The summed E-state index contributed by atoms with van der Waals surface area (Å²) in [7, 11) is 0. The van der Waals surface area contributed by atoms with Gasteiger partial charge in [0, 0.05) is 19.0 Å². The fourth-order valence-corrected chi connectivity index (χ4v) is 1.61. The van der Waals surface area contributed by atoms with E-state index in [9.17, 15) is 4.79 Å². The van der Waals surface area contributed by atoms with Crippen LogP contribution in [0.3, 0.4) is 0 Å². The summed E-state index contributed by atoms with van der Waals surface area (Å²) in [6.07, 6.45) is 0.970. The molecule has 0 atom stereocenters. The predicted molar refractivity (Wildman–Crippen MR) is 66.2 cm³/mol. The number of amides is 1. The summed E-state index contributed by atoms with van der Waals surface area (Å²) in [5.41, 5.74) is 0. The molecule has 96 valence electrons. The molecule has 1 amide bonds. The van der Waals surface area contributed by atoms with Gasteiger partial charge in [-0.25, -0.2) is 4.79 Å². The van der Waals surface area contributed by atoms with Crippen LogP contribution in [0.4, 0.5) is 4.79 Å². The van der Waals surface area contributed by atoms with Crippen LogP contribution in [0, 0.1) is 5.92 Å². The summed E-state index contributed by atoms with van der Waals surface area (Å²) in [5, 5.41) is 0. The highest BCUT2D eigenvalue weighted by atomic mass is 16.5. The van der Waals surface area contributed by atoms with Gasteiger partial charge in [0.25, 0.3) is 0 Å². The Morgan fingerprint density at radius 2 is 2.18 bits per heavy atom. The highest BCUT2D eigenvalue weighted by molar-refractivity contribution is 5.93. The summed E-state index contributed by atoms with van der Waals surface area (Å²) in [6, 6.07) is 0. The van der Waals surface area contributed by atoms with Crippen LogP contribution >= 0.6 is 0 Å². The highest BCUT2D eigenvalue weighted by Crippen LogP contribution is 2.08. The molecule has 1 rings (SSSR count). The number of aliphatic imine (C=N–C) groups is 1. The molecule has 0 aliphatic carbocycles. The van der Waals surface area contributed by atoms with Crippen LogP contribution in [-0.2, 0) is 9.47 Å². The van der Waals surface area contributed by atoms with Gasteiger partial charge < -0.3 is 14.4 Å². The van der Waals surface area contributed by atoms with E-state index in [1.54, 1.807) is 0 Å². The van der Waals surface area contributed by atoms with Gasteiger partial charge in [-0.3, -0.25) is 0 Å². The first-order valence-electron chi connectivity index (χ1n) is 5.84. The topological polar surface area (TPSA) is 51.1 Å². The predicted octanol–water partition coefficient (Wildman–Crippen LogP) is 1.70. The quantitative estimate of drug-likeness (QED) is 0.428. The maximum Gasteiger partial charge on any atom is 0.435 e. The molecule has 0 radical (unpaired) electrons. The number of hydrogen-bond donors (Lipinski definition) is 0. The molecule has 0 saturated carbocycles. The van der Waals surface area contributed by atoms with E-state index >= 15 is 0 Å². The van der Waals surface area contributed by atoms with E-state index in [-0.39, 0.29) is 12.5 Å². The molecular formula is C12H20N2O3. The molecule has 1 aliphatic heterocycles. The molecule has 1 fully saturated rings. The number of rotatable bonds is 3.